The SMILES string of the molecule is CCC(CC)n1cnc(C(F)(F)F)cc1=O. The van der Waals surface area contributed by atoms with E-state index in [2.05, 4.69) is 4.98 Å². The number of aromatic nitrogens is 2. The van der Waals surface area contributed by atoms with Crippen LogP contribution in [0.15, 0.2) is 17.2 Å². The molecule has 0 saturated heterocycles. The third kappa shape index (κ3) is 2.62. The van der Waals surface area contributed by atoms with Gasteiger partial charge in [0.2, 0.25) is 0 Å². The molecule has 1 heterocycles. The Morgan fingerprint density at radius 3 is 2.31 bits per heavy atom. The molecule has 0 amide bonds. The molecule has 0 atom stereocenters. The molecule has 90 valence electrons. The molecule has 3 nitrogen and oxygen atoms in total. The molecule has 0 unspecified atom stereocenters. The maximum atomic E-state index is 12.3. The van der Waals surface area contributed by atoms with E-state index >= 15 is 0 Å². The van der Waals surface area contributed by atoms with Crippen LogP contribution in [-0.2, 0) is 6.18 Å². The zero-order chi connectivity index (χ0) is 12.3. The van der Waals surface area contributed by atoms with Gasteiger partial charge in [0.25, 0.3) is 5.56 Å². The quantitative estimate of drug-likeness (QED) is 0.805. The first-order chi connectivity index (χ1) is 7.40. The van der Waals surface area contributed by atoms with Crippen molar-refractivity contribution in [2.24, 2.45) is 0 Å². The molecule has 16 heavy (non-hydrogen) atoms. The molecule has 0 aliphatic heterocycles. The molecule has 0 N–H and O–H groups in total. The standard InChI is InChI=1S/C10H13F3N2O/c1-3-7(4-2)15-6-14-8(5-9(15)16)10(11,12)13/h5-7H,3-4H2,1-2H3. The summed E-state index contributed by atoms with van der Waals surface area (Å²) in [5, 5.41) is 0. The van der Waals surface area contributed by atoms with Gasteiger partial charge >= 0.3 is 6.18 Å². The molecule has 0 aliphatic carbocycles. The molecule has 6 heteroatoms. The molecule has 0 aliphatic rings. The smallest absolute Gasteiger partial charge is 0.296 e. The first-order valence-corrected chi connectivity index (χ1v) is 5.05. The largest absolute Gasteiger partial charge is 0.433 e. The number of alkyl halides is 3. The fraction of sp³-hybridized carbons (Fsp3) is 0.600. The fourth-order valence-corrected chi connectivity index (χ4v) is 1.52. The average molecular weight is 234 g/mol. The number of rotatable bonds is 3. The van der Waals surface area contributed by atoms with Crippen LogP contribution < -0.4 is 5.56 Å². The van der Waals surface area contributed by atoms with Crippen molar-refractivity contribution >= 4 is 0 Å². The second kappa shape index (κ2) is 4.67. The molecule has 1 rings (SSSR count). The third-order valence-electron chi connectivity index (χ3n) is 2.46. The van der Waals surface area contributed by atoms with Gasteiger partial charge in [0.1, 0.15) is 0 Å². The molecule has 0 bridgehead atoms. The van der Waals surface area contributed by atoms with Crippen molar-refractivity contribution in [1.82, 2.24) is 9.55 Å². The van der Waals surface area contributed by atoms with Gasteiger partial charge in [-0.25, -0.2) is 4.98 Å². The predicted octanol–water partition coefficient (Wildman–Crippen LogP) is 2.62. The first kappa shape index (κ1) is 12.7. The molecule has 0 saturated carbocycles. The van der Waals surface area contributed by atoms with Gasteiger partial charge in [-0.05, 0) is 12.8 Å². The van der Waals surface area contributed by atoms with Crippen LogP contribution in [0.1, 0.15) is 38.4 Å². The highest BCUT2D eigenvalue weighted by Gasteiger charge is 2.33. The minimum Gasteiger partial charge on any atom is -0.296 e. The minimum atomic E-state index is -4.56. The lowest BCUT2D eigenvalue weighted by Crippen LogP contribution is -2.26. The van der Waals surface area contributed by atoms with Crippen molar-refractivity contribution in [3.8, 4) is 0 Å². The molecule has 1 aromatic rings. The Kier molecular flexibility index (Phi) is 3.72. The van der Waals surface area contributed by atoms with E-state index in [1.165, 1.54) is 4.57 Å². The van der Waals surface area contributed by atoms with Crippen molar-refractivity contribution in [3.05, 3.63) is 28.4 Å². The minimum absolute atomic E-state index is 0.0951. The van der Waals surface area contributed by atoms with Crippen LogP contribution in [-0.4, -0.2) is 9.55 Å². The molecule has 0 aromatic carbocycles. The monoisotopic (exact) mass is 234 g/mol. The van der Waals surface area contributed by atoms with Crippen molar-refractivity contribution < 1.29 is 13.2 Å². The molecule has 0 fully saturated rings. The molecule has 0 spiro atoms. The lowest BCUT2D eigenvalue weighted by atomic mass is 10.2. The number of hydrogen-bond donors (Lipinski definition) is 0. The zero-order valence-corrected chi connectivity index (χ0v) is 9.08. The van der Waals surface area contributed by atoms with Crippen LogP contribution in [0.25, 0.3) is 0 Å². The number of nitrogens with zero attached hydrogens (tertiary/aromatic N) is 2. The molecular formula is C10H13F3N2O. The van der Waals surface area contributed by atoms with Gasteiger partial charge in [-0.1, -0.05) is 13.8 Å². The Bertz CT molecular complexity index is 407. The Labute approximate surface area is 90.9 Å². The second-order valence-corrected chi connectivity index (χ2v) is 3.49. The highest BCUT2D eigenvalue weighted by Crippen LogP contribution is 2.26. The van der Waals surface area contributed by atoms with Crippen LogP contribution >= 0.6 is 0 Å². The van der Waals surface area contributed by atoms with E-state index in [-0.39, 0.29) is 6.04 Å². The van der Waals surface area contributed by atoms with E-state index in [0.717, 1.165) is 6.33 Å². The summed E-state index contributed by atoms with van der Waals surface area (Å²) in [6.07, 6.45) is -2.22. The Balaban J connectivity index is 3.15. The van der Waals surface area contributed by atoms with Crippen LogP contribution in [0.5, 0.6) is 0 Å². The number of halogens is 3. The van der Waals surface area contributed by atoms with Gasteiger partial charge in [-0.3, -0.25) is 9.36 Å². The van der Waals surface area contributed by atoms with Gasteiger partial charge in [-0.2, -0.15) is 13.2 Å². The van der Waals surface area contributed by atoms with E-state index in [0.29, 0.717) is 18.9 Å². The van der Waals surface area contributed by atoms with E-state index in [9.17, 15) is 18.0 Å². The summed E-state index contributed by atoms with van der Waals surface area (Å²) < 4.78 is 38.0. The fourth-order valence-electron chi connectivity index (χ4n) is 1.52. The lowest BCUT2D eigenvalue weighted by molar-refractivity contribution is -0.141. The van der Waals surface area contributed by atoms with Crippen LogP contribution in [0.3, 0.4) is 0 Å². The predicted molar refractivity (Wildman–Crippen MR) is 53.1 cm³/mol. The highest BCUT2D eigenvalue weighted by molar-refractivity contribution is 5.04. The summed E-state index contributed by atoms with van der Waals surface area (Å²) in [6, 6.07) is 0.445. The Morgan fingerprint density at radius 1 is 1.38 bits per heavy atom. The van der Waals surface area contributed by atoms with Crippen molar-refractivity contribution in [2.75, 3.05) is 0 Å². The molecule has 0 radical (unpaired) electrons. The van der Waals surface area contributed by atoms with Crippen LogP contribution in [0.2, 0.25) is 0 Å². The summed E-state index contributed by atoms with van der Waals surface area (Å²) in [7, 11) is 0. The number of hydrogen-bond acceptors (Lipinski definition) is 2. The third-order valence-corrected chi connectivity index (χ3v) is 2.46. The lowest BCUT2D eigenvalue weighted by Gasteiger charge is -2.16. The topological polar surface area (TPSA) is 34.9 Å². The van der Waals surface area contributed by atoms with Crippen molar-refractivity contribution in [2.45, 2.75) is 38.9 Å². The Morgan fingerprint density at radius 2 is 1.94 bits per heavy atom. The summed E-state index contributed by atoms with van der Waals surface area (Å²) in [5.41, 5.74) is -1.80. The van der Waals surface area contributed by atoms with Crippen LogP contribution in [0.4, 0.5) is 13.2 Å². The summed E-state index contributed by atoms with van der Waals surface area (Å²) in [5.74, 6) is 0. The van der Waals surface area contributed by atoms with E-state index < -0.39 is 17.4 Å². The van der Waals surface area contributed by atoms with Gasteiger partial charge < -0.3 is 0 Å². The Hall–Kier alpha value is -1.33. The average Bonchev–Trinajstić information content (AvgIpc) is 2.20. The summed E-state index contributed by atoms with van der Waals surface area (Å²) in [4.78, 5) is 14.7. The normalized spacial score (nSPS) is 12.1. The van der Waals surface area contributed by atoms with E-state index in [1.807, 2.05) is 13.8 Å². The summed E-state index contributed by atoms with van der Waals surface area (Å²) in [6.45, 7) is 3.75. The maximum absolute atomic E-state index is 12.3. The second-order valence-electron chi connectivity index (χ2n) is 3.49. The molecular weight excluding hydrogens is 221 g/mol. The maximum Gasteiger partial charge on any atom is 0.433 e. The zero-order valence-electron chi connectivity index (χ0n) is 9.08. The van der Waals surface area contributed by atoms with Gasteiger partial charge in [-0.15, -0.1) is 0 Å². The van der Waals surface area contributed by atoms with Crippen molar-refractivity contribution in [3.63, 3.8) is 0 Å². The van der Waals surface area contributed by atoms with Crippen LogP contribution in [0, 0.1) is 0 Å². The van der Waals surface area contributed by atoms with Gasteiger partial charge in [0.05, 0.1) is 6.33 Å². The highest BCUT2D eigenvalue weighted by atomic mass is 19.4. The first-order valence-electron chi connectivity index (χ1n) is 5.05. The van der Waals surface area contributed by atoms with Gasteiger partial charge in [0, 0.05) is 12.1 Å². The van der Waals surface area contributed by atoms with E-state index in [4.69, 9.17) is 0 Å². The van der Waals surface area contributed by atoms with Crippen molar-refractivity contribution in [1.29, 1.82) is 0 Å². The van der Waals surface area contributed by atoms with E-state index in [1.54, 1.807) is 0 Å². The summed E-state index contributed by atoms with van der Waals surface area (Å²) >= 11 is 0. The molecule has 1 aromatic heterocycles. The van der Waals surface area contributed by atoms with Gasteiger partial charge in [0.15, 0.2) is 5.69 Å².